The van der Waals surface area contributed by atoms with Crippen molar-refractivity contribution in [1.29, 1.82) is 0 Å². The van der Waals surface area contributed by atoms with Gasteiger partial charge in [-0.1, -0.05) is 12.2 Å². The number of hydrogen-bond donors (Lipinski definition) is 1. The van der Waals surface area contributed by atoms with Gasteiger partial charge in [0.15, 0.2) is 0 Å². The van der Waals surface area contributed by atoms with Crippen molar-refractivity contribution in [1.82, 2.24) is 0 Å². The monoisotopic (exact) mass is 221 g/mol. The SMILES string of the molecule is NC(=S)c1ccc(OC(F)F)cc1F. The van der Waals surface area contributed by atoms with Crippen LogP contribution >= 0.6 is 12.2 Å². The number of halogens is 3. The van der Waals surface area contributed by atoms with E-state index in [4.69, 9.17) is 5.73 Å². The lowest BCUT2D eigenvalue weighted by Gasteiger charge is -2.06. The quantitative estimate of drug-likeness (QED) is 0.793. The fourth-order valence-corrected chi connectivity index (χ4v) is 1.04. The van der Waals surface area contributed by atoms with Gasteiger partial charge in [-0.15, -0.1) is 0 Å². The number of benzene rings is 1. The van der Waals surface area contributed by atoms with E-state index in [0.29, 0.717) is 0 Å². The number of hydrogen-bond acceptors (Lipinski definition) is 2. The summed E-state index contributed by atoms with van der Waals surface area (Å²) in [7, 11) is 0. The maximum atomic E-state index is 13.1. The van der Waals surface area contributed by atoms with Gasteiger partial charge in [-0.2, -0.15) is 8.78 Å². The Balaban J connectivity index is 2.94. The molecule has 0 unspecified atom stereocenters. The Hall–Kier alpha value is -1.30. The zero-order valence-electron chi connectivity index (χ0n) is 6.84. The van der Waals surface area contributed by atoms with Crippen LogP contribution in [-0.2, 0) is 0 Å². The fraction of sp³-hybridized carbons (Fsp3) is 0.125. The lowest BCUT2D eigenvalue weighted by Crippen LogP contribution is -2.12. The predicted octanol–water partition coefficient (Wildman–Crippen LogP) is 2.06. The summed E-state index contributed by atoms with van der Waals surface area (Å²) in [6, 6.07) is 3.17. The summed E-state index contributed by atoms with van der Waals surface area (Å²) in [5.74, 6) is -1.05. The van der Waals surface area contributed by atoms with Crippen LogP contribution in [0, 0.1) is 5.82 Å². The summed E-state index contributed by atoms with van der Waals surface area (Å²) in [5, 5.41) is 0. The molecule has 14 heavy (non-hydrogen) atoms. The molecule has 1 aromatic carbocycles. The van der Waals surface area contributed by atoms with Crippen molar-refractivity contribution >= 4 is 17.2 Å². The molecule has 0 heterocycles. The predicted molar refractivity (Wildman–Crippen MR) is 48.9 cm³/mol. The molecule has 2 N–H and O–H groups in total. The highest BCUT2D eigenvalue weighted by atomic mass is 32.1. The van der Waals surface area contributed by atoms with Crippen molar-refractivity contribution in [3.8, 4) is 5.75 Å². The van der Waals surface area contributed by atoms with Gasteiger partial charge in [0.2, 0.25) is 0 Å². The van der Waals surface area contributed by atoms with E-state index >= 15 is 0 Å². The van der Waals surface area contributed by atoms with Crippen molar-refractivity contribution in [3.05, 3.63) is 29.6 Å². The Morgan fingerprint density at radius 1 is 1.43 bits per heavy atom. The van der Waals surface area contributed by atoms with Gasteiger partial charge in [0.25, 0.3) is 0 Å². The highest BCUT2D eigenvalue weighted by Gasteiger charge is 2.09. The molecule has 0 radical (unpaired) electrons. The largest absolute Gasteiger partial charge is 0.435 e. The second-order valence-corrected chi connectivity index (χ2v) is 2.82. The Labute approximate surface area is 83.5 Å². The van der Waals surface area contributed by atoms with Crippen LogP contribution in [0.15, 0.2) is 18.2 Å². The number of nitrogens with two attached hydrogens (primary N) is 1. The molecular formula is C8H6F3NOS. The molecule has 0 saturated carbocycles. The van der Waals surface area contributed by atoms with Gasteiger partial charge in [-0.3, -0.25) is 0 Å². The molecule has 0 aromatic heterocycles. The Morgan fingerprint density at radius 2 is 2.07 bits per heavy atom. The van der Waals surface area contributed by atoms with E-state index in [-0.39, 0.29) is 16.3 Å². The normalized spacial score (nSPS) is 10.3. The van der Waals surface area contributed by atoms with Crippen LogP contribution in [0.3, 0.4) is 0 Å². The second-order valence-electron chi connectivity index (χ2n) is 2.38. The Bertz CT molecular complexity index is 356. The lowest BCUT2D eigenvalue weighted by atomic mass is 10.2. The summed E-state index contributed by atoms with van der Waals surface area (Å²) in [5.41, 5.74) is 5.17. The molecule has 2 nitrogen and oxygen atoms in total. The maximum Gasteiger partial charge on any atom is 0.387 e. The van der Waals surface area contributed by atoms with Gasteiger partial charge >= 0.3 is 6.61 Å². The van der Waals surface area contributed by atoms with E-state index in [2.05, 4.69) is 17.0 Å². The molecule has 0 fully saturated rings. The van der Waals surface area contributed by atoms with Crippen LogP contribution in [0.1, 0.15) is 5.56 Å². The smallest absolute Gasteiger partial charge is 0.387 e. The topological polar surface area (TPSA) is 35.2 Å². The minimum Gasteiger partial charge on any atom is -0.435 e. The number of rotatable bonds is 3. The zero-order valence-corrected chi connectivity index (χ0v) is 7.65. The average Bonchev–Trinajstić information content (AvgIpc) is 2.01. The molecule has 0 aliphatic heterocycles. The molecule has 6 heteroatoms. The molecule has 0 saturated heterocycles. The van der Waals surface area contributed by atoms with Gasteiger partial charge < -0.3 is 10.5 Å². The van der Waals surface area contributed by atoms with E-state index in [0.717, 1.165) is 6.07 Å². The van der Waals surface area contributed by atoms with E-state index in [9.17, 15) is 13.2 Å². The third kappa shape index (κ3) is 2.59. The molecule has 0 atom stereocenters. The number of alkyl halides is 2. The average molecular weight is 221 g/mol. The maximum absolute atomic E-state index is 13.1. The Morgan fingerprint density at radius 3 is 2.50 bits per heavy atom. The summed E-state index contributed by atoms with van der Waals surface area (Å²) < 4.78 is 40.5. The van der Waals surface area contributed by atoms with Crippen LogP contribution in [0.25, 0.3) is 0 Å². The first-order chi connectivity index (χ1) is 6.50. The summed E-state index contributed by atoms with van der Waals surface area (Å²) in [6.45, 7) is -2.98. The first kappa shape index (κ1) is 10.8. The Kier molecular flexibility index (Phi) is 3.29. The highest BCUT2D eigenvalue weighted by molar-refractivity contribution is 7.80. The third-order valence-corrected chi connectivity index (χ3v) is 1.65. The molecule has 0 bridgehead atoms. The molecule has 0 amide bonds. The van der Waals surface area contributed by atoms with Crippen LogP contribution in [-0.4, -0.2) is 11.6 Å². The summed E-state index contributed by atoms with van der Waals surface area (Å²) >= 11 is 4.53. The van der Waals surface area contributed by atoms with Crippen molar-refractivity contribution < 1.29 is 17.9 Å². The lowest BCUT2D eigenvalue weighted by molar-refractivity contribution is -0.0499. The van der Waals surface area contributed by atoms with E-state index in [1.165, 1.54) is 12.1 Å². The highest BCUT2D eigenvalue weighted by Crippen LogP contribution is 2.18. The molecule has 0 aliphatic carbocycles. The summed E-state index contributed by atoms with van der Waals surface area (Å²) in [6.07, 6.45) is 0. The first-order valence-corrected chi connectivity index (χ1v) is 3.95. The van der Waals surface area contributed by atoms with Crippen LogP contribution in [0.5, 0.6) is 5.75 Å². The van der Waals surface area contributed by atoms with E-state index in [1.54, 1.807) is 0 Å². The fourth-order valence-electron chi connectivity index (χ4n) is 0.872. The van der Waals surface area contributed by atoms with Crippen molar-refractivity contribution in [2.24, 2.45) is 5.73 Å². The van der Waals surface area contributed by atoms with Crippen LogP contribution < -0.4 is 10.5 Å². The minimum absolute atomic E-state index is 0.00150. The van der Waals surface area contributed by atoms with Gasteiger partial charge in [-0.25, -0.2) is 4.39 Å². The molecule has 76 valence electrons. The molecular weight excluding hydrogens is 215 g/mol. The third-order valence-electron chi connectivity index (χ3n) is 1.43. The van der Waals surface area contributed by atoms with E-state index in [1.807, 2.05) is 0 Å². The number of ether oxygens (including phenoxy) is 1. The van der Waals surface area contributed by atoms with Gasteiger partial charge in [-0.05, 0) is 12.1 Å². The standard InChI is InChI=1S/C8H6F3NOS/c9-6-3-4(13-8(10)11)1-2-5(6)7(12)14/h1-3,8H,(H2,12,14). The molecule has 1 aromatic rings. The second kappa shape index (κ2) is 4.28. The van der Waals surface area contributed by atoms with Gasteiger partial charge in [0.05, 0.1) is 0 Å². The van der Waals surface area contributed by atoms with Gasteiger partial charge in [0, 0.05) is 11.6 Å². The number of thiocarbonyl (C=S) groups is 1. The van der Waals surface area contributed by atoms with Crippen molar-refractivity contribution in [3.63, 3.8) is 0 Å². The molecule has 1 rings (SSSR count). The first-order valence-electron chi connectivity index (χ1n) is 3.55. The van der Waals surface area contributed by atoms with Gasteiger partial charge in [0.1, 0.15) is 16.6 Å². The van der Waals surface area contributed by atoms with Crippen molar-refractivity contribution in [2.45, 2.75) is 6.61 Å². The minimum atomic E-state index is -2.98. The molecule has 0 aliphatic rings. The zero-order chi connectivity index (χ0) is 10.7. The van der Waals surface area contributed by atoms with Crippen molar-refractivity contribution in [2.75, 3.05) is 0 Å². The van der Waals surface area contributed by atoms with Crippen LogP contribution in [0.2, 0.25) is 0 Å². The van der Waals surface area contributed by atoms with Crippen LogP contribution in [0.4, 0.5) is 13.2 Å². The van der Waals surface area contributed by atoms with E-state index < -0.39 is 12.4 Å². The summed E-state index contributed by atoms with van der Waals surface area (Å²) in [4.78, 5) is -0.133. The molecule has 0 spiro atoms.